The summed E-state index contributed by atoms with van der Waals surface area (Å²) in [4.78, 5) is 0. The summed E-state index contributed by atoms with van der Waals surface area (Å²) in [5.41, 5.74) is 7.62. The molecule has 20 heavy (non-hydrogen) atoms. The molecule has 1 aromatic carbocycles. The van der Waals surface area contributed by atoms with Crippen LogP contribution < -0.4 is 10.5 Å². The van der Waals surface area contributed by atoms with E-state index in [9.17, 15) is 8.42 Å². The minimum atomic E-state index is -3.49. The Kier molecular flexibility index (Phi) is 6.02. The predicted octanol–water partition coefficient (Wildman–Crippen LogP) is 1.30. The zero-order valence-corrected chi connectivity index (χ0v) is 12.9. The lowest BCUT2D eigenvalue weighted by molar-refractivity contribution is 0.449. The molecule has 1 rings (SSSR count). The van der Waals surface area contributed by atoms with Crippen LogP contribution in [0.4, 0.5) is 5.69 Å². The van der Waals surface area contributed by atoms with Gasteiger partial charge in [-0.15, -0.1) is 0 Å². The van der Waals surface area contributed by atoms with Gasteiger partial charge in [0.25, 0.3) is 0 Å². The van der Waals surface area contributed by atoms with Crippen molar-refractivity contribution in [3.8, 4) is 11.8 Å². The van der Waals surface area contributed by atoms with E-state index in [-0.39, 0.29) is 0 Å². The van der Waals surface area contributed by atoms with E-state index in [2.05, 4.69) is 16.6 Å². The van der Waals surface area contributed by atoms with Crippen molar-refractivity contribution in [2.45, 2.75) is 20.8 Å². The van der Waals surface area contributed by atoms with Crippen molar-refractivity contribution < 1.29 is 8.42 Å². The van der Waals surface area contributed by atoms with Crippen LogP contribution in [0.2, 0.25) is 0 Å². The van der Waals surface area contributed by atoms with Crippen LogP contribution in [0.15, 0.2) is 18.2 Å². The van der Waals surface area contributed by atoms with Crippen LogP contribution in [0, 0.1) is 18.8 Å². The molecule has 0 saturated heterocycles. The Morgan fingerprint density at radius 3 is 2.45 bits per heavy atom. The SMILES string of the molecule is CCN(CC)S(=O)(=O)Nc1ccc(C#CCN)c(C)c1. The van der Waals surface area contributed by atoms with Crippen molar-refractivity contribution in [1.29, 1.82) is 0 Å². The van der Waals surface area contributed by atoms with E-state index in [1.165, 1.54) is 4.31 Å². The van der Waals surface area contributed by atoms with Gasteiger partial charge in [-0.25, -0.2) is 0 Å². The van der Waals surface area contributed by atoms with Gasteiger partial charge in [-0.1, -0.05) is 25.7 Å². The van der Waals surface area contributed by atoms with Crippen molar-refractivity contribution in [3.05, 3.63) is 29.3 Å². The Hall–Kier alpha value is -1.55. The van der Waals surface area contributed by atoms with Crippen molar-refractivity contribution in [2.24, 2.45) is 5.73 Å². The molecule has 1 aromatic rings. The monoisotopic (exact) mass is 295 g/mol. The minimum Gasteiger partial charge on any atom is -0.320 e. The van der Waals surface area contributed by atoms with E-state index in [4.69, 9.17) is 5.73 Å². The lowest BCUT2D eigenvalue weighted by atomic mass is 10.1. The molecule has 0 aromatic heterocycles. The van der Waals surface area contributed by atoms with E-state index >= 15 is 0 Å². The summed E-state index contributed by atoms with van der Waals surface area (Å²) in [5.74, 6) is 5.73. The summed E-state index contributed by atoms with van der Waals surface area (Å²) < 4.78 is 28.1. The molecule has 0 aliphatic rings. The van der Waals surface area contributed by atoms with Gasteiger partial charge in [0.15, 0.2) is 0 Å². The van der Waals surface area contributed by atoms with E-state index in [0.29, 0.717) is 25.3 Å². The highest BCUT2D eigenvalue weighted by Crippen LogP contribution is 2.16. The number of rotatable bonds is 5. The Labute approximate surface area is 121 Å². The first kappa shape index (κ1) is 16.5. The van der Waals surface area contributed by atoms with Gasteiger partial charge in [-0.3, -0.25) is 4.72 Å². The van der Waals surface area contributed by atoms with Gasteiger partial charge in [0.2, 0.25) is 0 Å². The summed E-state index contributed by atoms with van der Waals surface area (Å²) in [6.45, 7) is 6.67. The number of nitrogens with two attached hydrogens (primary N) is 1. The second kappa shape index (κ2) is 7.29. The Balaban J connectivity index is 2.97. The van der Waals surface area contributed by atoms with E-state index in [0.717, 1.165) is 11.1 Å². The standard InChI is InChI=1S/C14H21N3O2S/c1-4-17(5-2)20(18,19)16-14-9-8-13(7-6-10-15)12(3)11-14/h8-9,11,16H,4-5,10,15H2,1-3H3. The smallest absolute Gasteiger partial charge is 0.301 e. The van der Waals surface area contributed by atoms with E-state index in [1.807, 2.05) is 6.92 Å². The van der Waals surface area contributed by atoms with Crippen LogP contribution in [0.5, 0.6) is 0 Å². The van der Waals surface area contributed by atoms with Gasteiger partial charge in [0.05, 0.1) is 12.2 Å². The summed E-state index contributed by atoms with van der Waals surface area (Å²) in [5, 5.41) is 0. The first-order chi connectivity index (χ1) is 9.44. The third kappa shape index (κ3) is 4.23. The first-order valence-corrected chi connectivity index (χ1v) is 7.96. The highest BCUT2D eigenvalue weighted by atomic mass is 32.2. The molecule has 0 aliphatic heterocycles. The molecule has 5 nitrogen and oxygen atoms in total. The van der Waals surface area contributed by atoms with Gasteiger partial charge in [-0.05, 0) is 30.7 Å². The molecule has 0 heterocycles. The number of benzene rings is 1. The minimum absolute atomic E-state index is 0.301. The molecule has 0 bridgehead atoms. The van der Waals surface area contributed by atoms with Crippen LogP contribution in [0.3, 0.4) is 0 Å². The zero-order chi connectivity index (χ0) is 15.2. The molecule has 0 saturated carbocycles. The van der Waals surface area contributed by atoms with E-state index in [1.54, 1.807) is 32.0 Å². The number of hydrogen-bond donors (Lipinski definition) is 2. The van der Waals surface area contributed by atoms with Crippen LogP contribution in [0.1, 0.15) is 25.0 Å². The average molecular weight is 295 g/mol. The van der Waals surface area contributed by atoms with Gasteiger partial charge < -0.3 is 5.73 Å². The predicted molar refractivity (Wildman–Crippen MR) is 82.6 cm³/mol. The van der Waals surface area contributed by atoms with Crippen LogP contribution >= 0.6 is 0 Å². The quantitative estimate of drug-likeness (QED) is 0.804. The molecular weight excluding hydrogens is 274 g/mol. The maximum absolute atomic E-state index is 12.1. The summed E-state index contributed by atoms with van der Waals surface area (Å²) in [6, 6.07) is 5.26. The maximum Gasteiger partial charge on any atom is 0.301 e. The van der Waals surface area contributed by atoms with Gasteiger partial charge in [0, 0.05) is 18.7 Å². The number of nitrogens with zero attached hydrogens (tertiary/aromatic N) is 1. The zero-order valence-electron chi connectivity index (χ0n) is 12.1. The van der Waals surface area contributed by atoms with Gasteiger partial charge in [0.1, 0.15) is 0 Å². The van der Waals surface area contributed by atoms with E-state index < -0.39 is 10.2 Å². The molecular formula is C14H21N3O2S. The lowest BCUT2D eigenvalue weighted by Crippen LogP contribution is -2.35. The van der Waals surface area contributed by atoms with Gasteiger partial charge in [-0.2, -0.15) is 12.7 Å². The van der Waals surface area contributed by atoms with Crippen LogP contribution in [-0.4, -0.2) is 32.4 Å². The Morgan fingerprint density at radius 2 is 1.95 bits per heavy atom. The second-order valence-corrected chi connectivity index (χ2v) is 5.90. The molecule has 3 N–H and O–H groups in total. The molecule has 0 radical (unpaired) electrons. The number of hydrogen-bond acceptors (Lipinski definition) is 3. The average Bonchev–Trinajstić information content (AvgIpc) is 2.38. The van der Waals surface area contributed by atoms with Crippen molar-refractivity contribution >= 4 is 15.9 Å². The third-order valence-electron chi connectivity index (χ3n) is 2.84. The second-order valence-electron chi connectivity index (χ2n) is 4.23. The molecule has 6 heteroatoms. The largest absolute Gasteiger partial charge is 0.320 e. The van der Waals surface area contributed by atoms with Crippen molar-refractivity contribution in [2.75, 3.05) is 24.4 Å². The normalized spacial score (nSPS) is 11.1. The summed E-state index contributed by atoms with van der Waals surface area (Å²) in [6.07, 6.45) is 0. The number of aryl methyl sites for hydroxylation is 1. The molecule has 0 unspecified atom stereocenters. The molecule has 0 fully saturated rings. The molecule has 0 amide bonds. The highest BCUT2D eigenvalue weighted by Gasteiger charge is 2.18. The fourth-order valence-corrected chi connectivity index (χ4v) is 3.02. The summed E-state index contributed by atoms with van der Waals surface area (Å²) in [7, 11) is -3.49. The summed E-state index contributed by atoms with van der Waals surface area (Å²) >= 11 is 0. The number of anilines is 1. The molecule has 0 aliphatic carbocycles. The highest BCUT2D eigenvalue weighted by molar-refractivity contribution is 7.90. The lowest BCUT2D eigenvalue weighted by Gasteiger charge is -2.19. The topological polar surface area (TPSA) is 75.4 Å². The maximum atomic E-state index is 12.1. The van der Waals surface area contributed by atoms with Crippen molar-refractivity contribution in [3.63, 3.8) is 0 Å². The van der Waals surface area contributed by atoms with Crippen LogP contribution in [0.25, 0.3) is 0 Å². The van der Waals surface area contributed by atoms with Gasteiger partial charge >= 0.3 is 10.2 Å². The third-order valence-corrected chi connectivity index (χ3v) is 4.53. The molecule has 0 spiro atoms. The molecule has 110 valence electrons. The Bertz CT molecular complexity index is 611. The fourth-order valence-electron chi connectivity index (χ4n) is 1.79. The number of nitrogens with one attached hydrogen (secondary N) is 1. The van der Waals surface area contributed by atoms with Crippen LogP contribution in [-0.2, 0) is 10.2 Å². The van der Waals surface area contributed by atoms with Crippen molar-refractivity contribution in [1.82, 2.24) is 4.31 Å². The first-order valence-electron chi connectivity index (χ1n) is 6.52. The molecule has 0 atom stereocenters. The fraction of sp³-hybridized carbons (Fsp3) is 0.429. The Morgan fingerprint density at radius 1 is 1.30 bits per heavy atom.